The molecule has 0 N–H and O–H groups in total. The van der Waals surface area contributed by atoms with Crippen molar-refractivity contribution < 1.29 is 9.47 Å². The van der Waals surface area contributed by atoms with Gasteiger partial charge < -0.3 is 14.0 Å². The highest BCUT2D eigenvalue weighted by molar-refractivity contribution is 5.42. The summed E-state index contributed by atoms with van der Waals surface area (Å²) in [5.41, 5.74) is 0.946. The van der Waals surface area contributed by atoms with Crippen LogP contribution in [0.2, 0.25) is 0 Å². The zero-order valence-corrected chi connectivity index (χ0v) is 16.4. The maximum absolute atomic E-state index is 5.53. The lowest BCUT2D eigenvalue weighted by atomic mass is 9.85. The molecule has 1 aliphatic carbocycles. The van der Waals surface area contributed by atoms with Crippen molar-refractivity contribution in [3.05, 3.63) is 36.2 Å². The molecule has 1 aliphatic heterocycles. The van der Waals surface area contributed by atoms with Crippen LogP contribution in [0.1, 0.15) is 49.5 Å². The molecule has 0 aromatic carbocycles. The third kappa shape index (κ3) is 3.95. The molecule has 27 heavy (non-hydrogen) atoms. The van der Waals surface area contributed by atoms with Gasteiger partial charge in [-0.25, -0.2) is 4.98 Å². The summed E-state index contributed by atoms with van der Waals surface area (Å²) in [5, 5.41) is 0. The van der Waals surface area contributed by atoms with Crippen LogP contribution in [0.4, 0.5) is 0 Å². The average Bonchev–Trinajstić information content (AvgIpc) is 3.13. The molecule has 0 bridgehead atoms. The van der Waals surface area contributed by atoms with E-state index in [1.807, 2.05) is 12.3 Å². The van der Waals surface area contributed by atoms with Crippen LogP contribution in [0.3, 0.4) is 0 Å². The first-order valence-electron chi connectivity index (χ1n) is 10.1. The van der Waals surface area contributed by atoms with Gasteiger partial charge in [-0.15, -0.1) is 0 Å². The van der Waals surface area contributed by atoms with Crippen molar-refractivity contribution in [2.24, 2.45) is 5.92 Å². The van der Waals surface area contributed by atoms with Gasteiger partial charge in [-0.05, 0) is 44.7 Å². The molecule has 1 saturated heterocycles. The Kier molecular flexibility index (Phi) is 5.62. The zero-order chi connectivity index (χ0) is 18.6. The maximum Gasteiger partial charge on any atom is 0.183 e. The molecular weight excluding hydrogens is 340 g/mol. The Bertz CT molecular complexity index is 748. The molecule has 1 saturated carbocycles. The fourth-order valence-corrected chi connectivity index (χ4v) is 4.31. The second kappa shape index (κ2) is 8.30. The Morgan fingerprint density at radius 2 is 1.85 bits per heavy atom. The maximum atomic E-state index is 5.53. The number of pyridine rings is 1. The number of piperidine rings is 1. The first-order valence-corrected chi connectivity index (χ1v) is 10.1. The van der Waals surface area contributed by atoms with Crippen LogP contribution in [0.25, 0.3) is 0 Å². The minimum Gasteiger partial charge on any atom is -0.493 e. The molecule has 0 radical (unpaired) electrons. The molecule has 0 amide bonds. The van der Waals surface area contributed by atoms with E-state index >= 15 is 0 Å². The normalized spacial score (nSPS) is 19.0. The molecule has 2 fully saturated rings. The minimum absolute atomic E-state index is 0.566. The quantitative estimate of drug-likeness (QED) is 0.747. The van der Waals surface area contributed by atoms with Crippen molar-refractivity contribution in [2.75, 3.05) is 27.3 Å². The molecule has 4 rings (SSSR count). The second-order valence-corrected chi connectivity index (χ2v) is 7.78. The Morgan fingerprint density at radius 3 is 2.52 bits per heavy atom. The van der Waals surface area contributed by atoms with Gasteiger partial charge in [0.15, 0.2) is 11.5 Å². The Hall–Kier alpha value is -2.08. The number of aromatic nitrogens is 3. The predicted molar refractivity (Wildman–Crippen MR) is 104 cm³/mol. The summed E-state index contributed by atoms with van der Waals surface area (Å²) in [4.78, 5) is 11.7. The van der Waals surface area contributed by atoms with Gasteiger partial charge in [-0.2, -0.15) is 0 Å². The van der Waals surface area contributed by atoms with Crippen molar-refractivity contribution in [1.29, 1.82) is 0 Å². The molecule has 2 aromatic rings. The number of ether oxygens (including phenoxy) is 2. The van der Waals surface area contributed by atoms with E-state index in [1.165, 1.54) is 25.1 Å². The van der Waals surface area contributed by atoms with Gasteiger partial charge in [-0.3, -0.25) is 9.88 Å². The largest absolute Gasteiger partial charge is 0.493 e. The number of imidazole rings is 1. The molecule has 0 atom stereocenters. The third-order valence-electron chi connectivity index (χ3n) is 6.12. The smallest absolute Gasteiger partial charge is 0.183 e. The Morgan fingerprint density at radius 1 is 1.04 bits per heavy atom. The topological polar surface area (TPSA) is 52.4 Å². The summed E-state index contributed by atoms with van der Waals surface area (Å²) in [6, 6.07) is 1.84. The molecule has 146 valence electrons. The summed E-state index contributed by atoms with van der Waals surface area (Å²) in [6.07, 6.45) is 12.4. The van der Waals surface area contributed by atoms with Crippen molar-refractivity contribution >= 4 is 0 Å². The van der Waals surface area contributed by atoms with Crippen LogP contribution in [0.15, 0.2) is 24.7 Å². The fraction of sp³-hybridized carbons (Fsp3) is 0.619. The van der Waals surface area contributed by atoms with Gasteiger partial charge in [0.05, 0.1) is 14.2 Å². The first-order chi connectivity index (χ1) is 13.3. The van der Waals surface area contributed by atoms with E-state index in [0.29, 0.717) is 5.92 Å². The van der Waals surface area contributed by atoms with E-state index in [0.717, 1.165) is 62.1 Å². The van der Waals surface area contributed by atoms with Crippen LogP contribution >= 0.6 is 0 Å². The molecule has 2 aliphatic rings. The van der Waals surface area contributed by atoms with Crippen LogP contribution in [-0.4, -0.2) is 46.7 Å². The zero-order valence-electron chi connectivity index (χ0n) is 16.4. The Labute approximate surface area is 161 Å². The first kappa shape index (κ1) is 18.3. The van der Waals surface area contributed by atoms with Gasteiger partial charge in [0.2, 0.25) is 0 Å². The highest BCUT2D eigenvalue weighted by Gasteiger charge is 2.26. The highest BCUT2D eigenvalue weighted by Crippen LogP contribution is 2.33. The van der Waals surface area contributed by atoms with Crippen LogP contribution in [0.5, 0.6) is 11.5 Å². The summed E-state index contributed by atoms with van der Waals surface area (Å²) in [7, 11) is 3.34. The van der Waals surface area contributed by atoms with Crippen molar-refractivity contribution in [2.45, 2.75) is 51.1 Å². The third-order valence-corrected chi connectivity index (χ3v) is 6.12. The molecular formula is C21H30N4O2. The van der Waals surface area contributed by atoms with Gasteiger partial charge in [0.1, 0.15) is 11.5 Å². The number of nitrogens with zero attached hydrogens (tertiary/aromatic N) is 4. The summed E-state index contributed by atoms with van der Waals surface area (Å²) in [5.74, 6) is 4.22. The molecule has 3 heterocycles. The number of likely N-dealkylation sites (tertiary alicyclic amines) is 1. The fourth-order valence-electron chi connectivity index (χ4n) is 4.31. The lowest BCUT2D eigenvalue weighted by Crippen LogP contribution is -2.34. The van der Waals surface area contributed by atoms with Crippen LogP contribution < -0.4 is 9.47 Å². The van der Waals surface area contributed by atoms with Gasteiger partial charge in [0.25, 0.3) is 0 Å². The van der Waals surface area contributed by atoms with Crippen molar-refractivity contribution in [1.82, 2.24) is 19.4 Å². The van der Waals surface area contributed by atoms with E-state index in [2.05, 4.69) is 20.6 Å². The number of rotatable bonds is 7. The summed E-state index contributed by atoms with van der Waals surface area (Å²) in [6.45, 7) is 4.07. The van der Waals surface area contributed by atoms with E-state index in [4.69, 9.17) is 14.5 Å². The lowest BCUT2D eigenvalue weighted by molar-refractivity contribution is 0.192. The monoisotopic (exact) mass is 370 g/mol. The van der Waals surface area contributed by atoms with Crippen molar-refractivity contribution in [3.8, 4) is 11.5 Å². The van der Waals surface area contributed by atoms with Gasteiger partial charge in [-0.1, -0.05) is 6.42 Å². The number of hydrogen-bond donors (Lipinski definition) is 0. The molecule has 0 unspecified atom stereocenters. The highest BCUT2D eigenvalue weighted by atomic mass is 16.5. The minimum atomic E-state index is 0.566. The number of hydrogen-bond acceptors (Lipinski definition) is 5. The second-order valence-electron chi connectivity index (χ2n) is 7.78. The average molecular weight is 370 g/mol. The van der Waals surface area contributed by atoms with Crippen LogP contribution in [-0.2, 0) is 13.1 Å². The van der Waals surface area contributed by atoms with Gasteiger partial charge >= 0.3 is 0 Å². The molecule has 2 aromatic heterocycles. The van der Waals surface area contributed by atoms with E-state index < -0.39 is 0 Å². The van der Waals surface area contributed by atoms with E-state index in [-0.39, 0.29) is 0 Å². The summed E-state index contributed by atoms with van der Waals surface area (Å²) >= 11 is 0. The van der Waals surface area contributed by atoms with Gasteiger partial charge in [0, 0.05) is 43.7 Å². The summed E-state index contributed by atoms with van der Waals surface area (Å²) < 4.78 is 13.3. The van der Waals surface area contributed by atoms with E-state index in [1.54, 1.807) is 20.4 Å². The standard InChI is InChI=1S/C21H30N4O2/c1-26-19-6-9-22-18(20(19)27-2)15-24-11-7-17(8-12-24)21-23-10-13-25(21)14-16-4-3-5-16/h6,9-10,13,16-17H,3-5,7-8,11-12,14-15H2,1-2H3. The van der Waals surface area contributed by atoms with E-state index in [9.17, 15) is 0 Å². The van der Waals surface area contributed by atoms with Crippen molar-refractivity contribution in [3.63, 3.8) is 0 Å². The molecule has 0 spiro atoms. The predicted octanol–water partition coefficient (Wildman–Crippen LogP) is 3.48. The Balaban J connectivity index is 1.36. The SMILES string of the molecule is COc1ccnc(CN2CCC(c3nccn3CC3CCC3)CC2)c1OC. The molecule has 6 heteroatoms. The molecule has 6 nitrogen and oxygen atoms in total. The number of methoxy groups -OCH3 is 2. The lowest BCUT2D eigenvalue weighted by Gasteiger charge is -2.33. The van der Waals surface area contributed by atoms with Crippen LogP contribution in [0, 0.1) is 5.92 Å².